The van der Waals surface area contributed by atoms with Gasteiger partial charge in [-0.1, -0.05) is 30.3 Å². The van der Waals surface area contributed by atoms with E-state index < -0.39 is 24.5 Å². The minimum atomic E-state index is -1.15. The molecule has 9 heteroatoms. The molecule has 9 nitrogen and oxygen atoms in total. The first-order valence-electron chi connectivity index (χ1n) is 8.67. The Bertz CT molecular complexity index is 919. The van der Waals surface area contributed by atoms with Crippen LogP contribution in [0.1, 0.15) is 24.8 Å². The van der Waals surface area contributed by atoms with Crippen LogP contribution < -0.4 is 5.73 Å². The van der Waals surface area contributed by atoms with Crippen molar-refractivity contribution < 1.29 is 19.7 Å². The molecule has 0 unspecified atom stereocenters. The monoisotopic (exact) mass is 371 g/mol. The molecule has 1 aliphatic heterocycles. The Morgan fingerprint density at radius 1 is 1.19 bits per heavy atom. The number of imidazole rings is 1. The van der Waals surface area contributed by atoms with Crippen molar-refractivity contribution in [2.24, 2.45) is 0 Å². The number of aliphatic hydroxyl groups is 2. The Kier molecular flexibility index (Phi) is 4.75. The number of ether oxygens (including phenoxy) is 2. The number of fused-ring (bicyclic) bond motifs is 1. The van der Waals surface area contributed by atoms with Gasteiger partial charge in [0.2, 0.25) is 0 Å². The molecule has 3 aromatic rings. The minimum Gasteiger partial charge on any atom is -0.387 e. The second-order valence-electron chi connectivity index (χ2n) is 6.52. The van der Waals surface area contributed by atoms with Gasteiger partial charge in [-0.3, -0.25) is 4.57 Å². The van der Waals surface area contributed by atoms with E-state index in [0.717, 1.165) is 5.56 Å². The van der Waals surface area contributed by atoms with E-state index in [2.05, 4.69) is 15.0 Å². The molecule has 0 amide bonds. The quantitative estimate of drug-likeness (QED) is 0.601. The summed E-state index contributed by atoms with van der Waals surface area (Å²) in [5.41, 5.74) is 7.66. The molecule has 1 aromatic carbocycles. The number of aromatic nitrogens is 4. The van der Waals surface area contributed by atoms with Crippen molar-refractivity contribution in [3.05, 3.63) is 48.5 Å². The number of hydrogen-bond acceptors (Lipinski definition) is 8. The number of rotatable bonds is 5. The van der Waals surface area contributed by atoms with E-state index in [-0.39, 0.29) is 18.5 Å². The summed E-state index contributed by atoms with van der Waals surface area (Å²) in [7, 11) is 0. The Balaban J connectivity index is 1.48. The van der Waals surface area contributed by atoms with Crippen molar-refractivity contribution in [1.82, 2.24) is 19.5 Å². The average molecular weight is 371 g/mol. The molecule has 1 aliphatic rings. The summed E-state index contributed by atoms with van der Waals surface area (Å²) in [5.74, 6) is 0.239. The second-order valence-corrected chi connectivity index (χ2v) is 6.52. The van der Waals surface area contributed by atoms with E-state index in [9.17, 15) is 10.2 Å². The zero-order chi connectivity index (χ0) is 19.0. The molecule has 0 spiro atoms. The first-order valence-corrected chi connectivity index (χ1v) is 8.67. The minimum absolute atomic E-state index is 0.133. The van der Waals surface area contributed by atoms with E-state index in [1.54, 1.807) is 4.57 Å². The van der Waals surface area contributed by atoms with Crippen molar-refractivity contribution in [1.29, 1.82) is 0 Å². The van der Waals surface area contributed by atoms with Gasteiger partial charge >= 0.3 is 0 Å². The Hall–Kier alpha value is -2.59. The van der Waals surface area contributed by atoms with Crippen molar-refractivity contribution in [3.8, 4) is 0 Å². The van der Waals surface area contributed by atoms with Crippen LogP contribution in [0.25, 0.3) is 11.2 Å². The second kappa shape index (κ2) is 7.20. The van der Waals surface area contributed by atoms with E-state index in [1.165, 1.54) is 12.7 Å². The molecule has 0 saturated carbocycles. The summed E-state index contributed by atoms with van der Waals surface area (Å²) in [6, 6.07) is 9.75. The Morgan fingerprint density at radius 3 is 2.74 bits per heavy atom. The lowest BCUT2D eigenvalue weighted by atomic mass is 10.1. The van der Waals surface area contributed by atoms with Crippen LogP contribution in [0.4, 0.5) is 5.82 Å². The van der Waals surface area contributed by atoms with Crippen molar-refractivity contribution in [3.63, 3.8) is 0 Å². The fourth-order valence-electron chi connectivity index (χ4n) is 3.21. The topological polar surface area (TPSA) is 129 Å². The lowest BCUT2D eigenvalue weighted by Gasteiger charge is -2.19. The molecule has 0 bridgehead atoms. The fourth-order valence-corrected chi connectivity index (χ4v) is 3.21. The number of nitrogen functional groups attached to an aromatic ring is 1. The van der Waals surface area contributed by atoms with Crippen molar-refractivity contribution in [2.45, 2.75) is 37.6 Å². The van der Waals surface area contributed by atoms with E-state index in [4.69, 9.17) is 15.2 Å². The number of anilines is 1. The van der Waals surface area contributed by atoms with Gasteiger partial charge in [0.1, 0.15) is 30.2 Å². The molecule has 27 heavy (non-hydrogen) atoms. The molecular weight excluding hydrogens is 350 g/mol. The number of nitrogens with two attached hydrogens (primary N) is 1. The van der Waals surface area contributed by atoms with Crippen LogP contribution in [-0.2, 0) is 9.47 Å². The number of hydrogen-bond donors (Lipinski definition) is 3. The highest BCUT2D eigenvalue weighted by atomic mass is 16.6. The highest BCUT2D eigenvalue weighted by Crippen LogP contribution is 2.32. The van der Waals surface area contributed by atoms with Crippen molar-refractivity contribution in [2.75, 3.05) is 12.3 Å². The molecule has 1 fully saturated rings. The summed E-state index contributed by atoms with van der Waals surface area (Å²) in [6.45, 7) is 2.06. The first-order chi connectivity index (χ1) is 13.1. The summed E-state index contributed by atoms with van der Waals surface area (Å²) >= 11 is 0. The van der Waals surface area contributed by atoms with Crippen LogP contribution in [0.15, 0.2) is 43.0 Å². The van der Waals surface area contributed by atoms with Gasteiger partial charge in [-0.2, -0.15) is 0 Å². The Labute approximate surface area is 155 Å². The smallest absolute Gasteiger partial charge is 0.167 e. The van der Waals surface area contributed by atoms with E-state index >= 15 is 0 Å². The highest BCUT2D eigenvalue weighted by molar-refractivity contribution is 5.81. The maximum Gasteiger partial charge on any atom is 0.167 e. The van der Waals surface area contributed by atoms with Crippen molar-refractivity contribution >= 4 is 17.0 Å². The first kappa shape index (κ1) is 17.8. The average Bonchev–Trinajstić information content (AvgIpc) is 3.23. The molecule has 3 heterocycles. The normalized spacial score (nSPS) is 26.5. The van der Waals surface area contributed by atoms with Gasteiger partial charge in [0.15, 0.2) is 17.7 Å². The van der Waals surface area contributed by atoms with Crippen LogP contribution in [0.2, 0.25) is 0 Å². The van der Waals surface area contributed by atoms with Crippen LogP contribution in [0.3, 0.4) is 0 Å². The molecule has 0 radical (unpaired) electrons. The number of nitrogens with zero attached hydrogens (tertiary/aromatic N) is 4. The molecule has 1 saturated heterocycles. The van der Waals surface area contributed by atoms with E-state index in [0.29, 0.717) is 11.2 Å². The third-order valence-corrected chi connectivity index (χ3v) is 4.78. The largest absolute Gasteiger partial charge is 0.387 e. The zero-order valence-electron chi connectivity index (χ0n) is 14.7. The zero-order valence-corrected chi connectivity index (χ0v) is 14.7. The Morgan fingerprint density at radius 2 is 1.96 bits per heavy atom. The van der Waals surface area contributed by atoms with Crippen LogP contribution in [0, 0.1) is 0 Å². The summed E-state index contributed by atoms with van der Waals surface area (Å²) < 4.78 is 13.2. The standard InChI is InChI=1S/C18H21N5O4/c1-10(11-5-3-2-4-6-11)26-7-12-14(24)15(25)18(27-12)23-9-22-13-16(19)20-8-21-17(13)23/h2-6,8-10,12,14-15,18,24-25H,7H2,1H3,(H2,19,20,21)/t10-,12-,14-,15-,18-/m1/s1. The molecule has 4 N–H and O–H groups in total. The maximum atomic E-state index is 10.5. The summed E-state index contributed by atoms with van der Waals surface area (Å²) in [6.07, 6.45) is -1.18. The van der Waals surface area contributed by atoms with Gasteiger partial charge < -0.3 is 25.4 Å². The molecule has 142 valence electrons. The van der Waals surface area contributed by atoms with Gasteiger partial charge in [0, 0.05) is 0 Å². The molecule has 0 aliphatic carbocycles. The predicted molar refractivity (Wildman–Crippen MR) is 96.5 cm³/mol. The van der Waals surface area contributed by atoms with Crippen LogP contribution in [0.5, 0.6) is 0 Å². The molecule has 4 rings (SSSR count). The molecule has 5 atom stereocenters. The lowest BCUT2D eigenvalue weighted by Crippen LogP contribution is -2.34. The van der Waals surface area contributed by atoms with Gasteiger partial charge in [0.05, 0.1) is 19.0 Å². The molecule has 2 aromatic heterocycles. The van der Waals surface area contributed by atoms with Gasteiger partial charge in [-0.15, -0.1) is 0 Å². The lowest BCUT2D eigenvalue weighted by molar-refractivity contribution is -0.0788. The summed E-state index contributed by atoms with van der Waals surface area (Å²) in [5, 5.41) is 20.8. The third kappa shape index (κ3) is 3.26. The SMILES string of the molecule is C[C@@H](OC[C@H]1O[C@@H](n2cnc3c(N)ncnc32)[C@H](O)[C@@H]1O)c1ccccc1. The molecular formula is C18H21N5O4. The number of aliphatic hydroxyl groups excluding tert-OH is 2. The maximum absolute atomic E-state index is 10.5. The van der Waals surface area contributed by atoms with Crippen LogP contribution >= 0.6 is 0 Å². The highest BCUT2D eigenvalue weighted by Gasteiger charge is 2.44. The van der Waals surface area contributed by atoms with Gasteiger partial charge in [-0.25, -0.2) is 15.0 Å². The number of benzene rings is 1. The van der Waals surface area contributed by atoms with Gasteiger partial charge in [-0.05, 0) is 12.5 Å². The third-order valence-electron chi connectivity index (χ3n) is 4.78. The predicted octanol–water partition coefficient (Wildman–Crippen LogP) is 0.805. The van der Waals surface area contributed by atoms with Crippen LogP contribution in [-0.4, -0.2) is 54.7 Å². The van der Waals surface area contributed by atoms with E-state index in [1.807, 2.05) is 37.3 Å². The summed E-state index contributed by atoms with van der Waals surface area (Å²) in [4.78, 5) is 12.2. The van der Waals surface area contributed by atoms with Gasteiger partial charge in [0.25, 0.3) is 0 Å². The fraction of sp³-hybridized carbons (Fsp3) is 0.389.